The molecule has 0 spiro atoms. The molecule has 0 aromatic heterocycles. The summed E-state index contributed by atoms with van der Waals surface area (Å²) in [6, 6.07) is 10.4. The molecule has 0 N–H and O–H groups in total. The van der Waals surface area contributed by atoms with Gasteiger partial charge in [-0.05, 0) is 19.4 Å². The van der Waals surface area contributed by atoms with Gasteiger partial charge in [-0.1, -0.05) is 30.3 Å². The van der Waals surface area contributed by atoms with Gasteiger partial charge in [-0.25, -0.2) is 0 Å². The number of nitrogens with zero attached hydrogens (tertiary/aromatic N) is 1. The molecular weight excluding hydrogens is 182 g/mol. The van der Waals surface area contributed by atoms with Crippen molar-refractivity contribution in [2.24, 2.45) is 4.99 Å². The van der Waals surface area contributed by atoms with Crippen LogP contribution in [0.25, 0.3) is 0 Å². The molecule has 0 heterocycles. The van der Waals surface area contributed by atoms with Crippen molar-refractivity contribution in [2.45, 2.75) is 25.3 Å². The van der Waals surface area contributed by atoms with Gasteiger partial charge in [0.15, 0.2) is 0 Å². The quantitative estimate of drug-likeness (QED) is 0.518. The van der Waals surface area contributed by atoms with Crippen molar-refractivity contribution in [1.29, 1.82) is 0 Å². The standard InChI is InChI=1S/C11H14ClN/c1-9(12)8-13-10(2)11-6-4-3-5-7-11/h3-10H,1-2H3/t9-,10+/m0/s1. The predicted molar refractivity (Wildman–Crippen MR) is 58.7 cm³/mol. The lowest BCUT2D eigenvalue weighted by atomic mass is 10.1. The van der Waals surface area contributed by atoms with Crippen LogP contribution < -0.4 is 0 Å². The second-order valence-corrected chi connectivity index (χ2v) is 3.75. The van der Waals surface area contributed by atoms with E-state index in [1.165, 1.54) is 5.56 Å². The monoisotopic (exact) mass is 195 g/mol. The number of hydrogen-bond acceptors (Lipinski definition) is 1. The van der Waals surface area contributed by atoms with Crippen molar-refractivity contribution in [2.75, 3.05) is 0 Å². The first-order chi connectivity index (χ1) is 6.20. The molecular formula is C11H14ClN. The van der Waals surface area contributed by atoms with E-state index in [4.69, 9.17) is 11.6 Å². The van der Waals surface area contributed by atoms with Crippen LogP contribution in [0.4, 0.5) is 0 Å². The van der Waals surface area contributed by atoms with Crippen molar-refractivity contribution in [1.82, 2.24) is 0 Å². The van der Waals surface area contributed by atoms with Crippen molar-refractivity contribution < 1.29 is 0 Å². The first kappa shape index (κ1) is 10.3. The molecule has 1 rings (SSSR count). The molecule has 0 aliphatic heterocycles. The van der Waals surface area contributed by atoms with Gasteiger partial charge >= 0.3 is 0 Å². The Hall–Kier alpha value is -0.820. The maximum Gasteiger partial charge on any atom is 0.0717 e. The van der Waals surface area contributed by atoms with Crippen LogP contribution in [0.5, 0.6) is 0 Å². The molecule has 13 heavy (non-hydrogen) atoms. The van der Waals surface area contributed by atoms with E-state index in [0.29, 0.717) is 0 Å². The van der Waals surface area contributed by atoms with E-state index in [1.54, 1.807) is 6.21 Å². The van der Waals surface area contributed by atoms with Crippen LogP contribution in [0.2, 0.25) is 0 Å². The fourth-order valence-corrected chi connectivity index (χ4v) is 1.13. The van der Waals surface area contributed by atoms with Crippen LogP contribution in [-0.2, 0) is 0 Å². The van der Waals surface area contributed by atoms with Gasteiger partial charge in [0.25, 0.3) is 0 Å². The molecule has 70 valence electrons. The van der Waals surface area contributed by atoms with Gasteiger partial charge in [-0.3, -0.25) is 4.99 Å². The largest absolute Gasteiger partial charge is 0.288 e. The number of hydrogen-bond donors (Lipinski definition) is 0. The van der Waals surface area contributed by atoms with Crippen LogP contribution in [-0.4, -0.2) is 11.6 Å². The van der Waals surface area contributed by atoms with Crippen molar-refractivity contribution in [3.63, 3.8) is 0 Å². The zero-order chi connectivity index (χ0) is 9.68. The lowest BCUT2D eigenvalue weighted by molar-refractivity contribution is 0.821. The minimum atomic E-state index is 0.00571. The average Bonchev–Trinajstić information content (AvgIpc) is 2.15. The van der Waals surface area contributed by atoms with E-state index in [0.717, 1.165) is 0 Å². The molecule has 0 amide bonds. The molecule has 1 aromatic rings. The molecule has 0 aliphatic rings. The number of aliphatic imine (C=N–C) groups is 1. The SMILES string of the molecule is C[C@H](Cl)C=N[C@H](C)c1ccccc1. The Kier molecular flexibility index (Phi) is 3.97. The van der Waals surface area contributed by atoms with Crippen molar-refractivity contribution >= 4 is 17.8 Å². The first-order valence-electron chi connectivity index (χ1n) is 4.42. The zero-order valence-corrected chi connectivity index (χ0v) is 8.70. The fourth-order valence-electron chi connectivity index (χ4n) is 1.07. The highest BCUT2D eigenvalue weighted by Crippen LogP contribution is 2.15. The van der Waals surface area contributed by atoms with Crippen LogP contribution in [0, 0.1) is 0 Å². The molecule has 0 bridgehead atoms. The maximum atomic E-state index is 5.76. The summed E-state index contributed by atoms with van der Waals surface area (Å²) in [6.45, 7) is 3.97. The summed E-state index contributed by atoms with van der Waals surface area (Å²) >= 11 is 5.76. The Balaban J connectivity index is 2.64. The lowest BCUT2D eigenvalue weighted by Gasteiger charge is -2.05. The third-order valence-electron chi connectivity index (χ3n) is 1.80. The van der Waals surface area contributed by atoms with Crippen LogP contribution in [0.3, 0.4) is 0 Å². The van der Waals surface area contributed by atoms with Crippen LogP contribution >= 0.6 is 11.6 Å². The summed E-state index contributed by atoms with van der Waals surface area (Å²) in [7, 11) is 0. The van der Waals surface area contributed by atoms with Gasteiger partial charge in [0, 0.05) is 6.21 Å². The highest BCUT2D eigenvalue weighted by Gasteiger charge is 2.00. The highest BCUT2D eigenvalue weighted by atomic mass is 35.5. The third-order valence-corrected chi connectivity index (χ3v) is 1.91. The topological polar surface area (TPSA) is 12.4 Å². The van der Waals surface area contributed by atoms with Crippen molar-refractivity contribution in [3.05, 3.63) is 35.9 Å². The molecule has 1 aromatic carbocycles. The Morgan fingerprint density at radius 1 is 1.23 bits per heavy atom. The predicted octanol–water partition coefficient (Wildman–Crippen LogP) is 3.45. The third kappa shape index (κ3) is 3.60. The summed E-state index contributed by atoms with van der Waals surface area (Å²) in [5.74, 6) is 0. The van der Waals surface area contributed by atoms with E-state index in [2.05, 4.69) is 24.0 Å². The van der Waals surface area contributed by atoms with Crippen molar-refractivity contribution in [3.8, 4) is 0 Å². The van der Waals surface area contributed by atoms with Gasteiger partial charge in [0.1, 0.15) is 0 Å². The minimum absolute atomic E-state index is 0.00571. The molecule has 1 nitrogen and oxygen atoms in total. The van der Waals surface area contributed by atoms with Gasteiger partial charge in [-0.2, -0.15) is 0 Å². The summed E-state index contributed by atoms with van der Waals surface area (Å²) in [4.78, 5) is 4.34. The molecule has 2 heteroatoms. The normalized spacial score (nSPS) is 15.9. The van der Waals surface area contributed by atoms with E-state index in [9.17, 15) is 0 Å². The average molecular weight is 196 g/mol. The molecule has 0 saturated heterocycles. The highest BCUT2D eigenvalue weighted by molar-refractivity contribution is 6.27. The molecule has 2 atom stereocenters. The molecule has 0 aliphatic carbocycles. The van der Waals surface area contributed by atoms with E-state index in [-0.39, 0.29) is 11.4 Å². The van der Waals surface area contributed by atoms with Crippen LogP contribution in [0.1, 0.15) is 25.5 Å². The zero-order valence-electron chi connectivity index (χ0n) is 7.94. The smallest absolute Gasteiger partial charge is 0.0717 e. The molecule has 0 saturated carbocycles. The van der Waals surface area contributed by atoms with E-state index >= 15 is 0 Å². The number of benzene rings is 1. The number of rotatable bonds is 3. The summed E-state index contributed by atoms with van der Waals surface area (Å²) in [5, 5.41) is 0.00571. The van der Waals surface area contributed by atoms with Gasteiger partial charge in [0.2, 0.25) is 0 Å². The Labute approximate surface area is 84.5 Å². The van der Waals surface area contributed by atoms with Gasteiger partial charge < -0.3 is 0 Å². The fraction of sp³-hybridized carbons (Fsp3) is 0.364. The second kappa shape index (κ2) is 5.03. The van der Waals surface area contributed by atoms with Crippen LogP contribution in [0.15, 0.2) is 35.3 Å². The molecule has 0 radical (unpaired) electrons. The Morgan fingerprint density at radius 2 is 1.85 bits per heavy atom. The maximum absolute atomic E-state index is 5.76. The minimum Gasteiger partial charge on any atom is -0.288 e. The Morgan fingerprint density at radius 3 is 2.38 bits per heavy atom. The summed E-state index contributed by atoms with van der Waals surface area (Å²) in [6.07, 6.45) is 1.78. The number of halogens is 1. The van der Waals surface area contributed by atoms with Gasteiger partial charge in [-0.15, -0.1) is 11.6 Å². The van der Waals surface area contributed by atoms with E-state index in [1.807, 2.05) is 25.1 Å². The molecule has 0 fully saturated rings. The Bertz CT molecular complexity index is 267. The summed E-state index contributed by atoms with van der Waals surface area (Å²) < 4.78 is 0. The lowest BCUT2D eigenvalue weighted by Crippen LogP contribution is -1.95. The first-order valence-corrected chi connectivity index (χ1v) is 4.86. The molecule has 0 unspecified atom stereocenters. The number of alkyl halides is 1. The second-order valence-electron chi connectivity index (χ2n) is 3.06. The van der Waals surface area contributed by atoms with E-state index < -0.39 is 0 Å². The summed E-state index contributed by atoms with van der Waals surface area (Å²) in [5.41, 5.74) is 1.22. The van der Waals surface area contributed by atoms with Gasteiger partial charge in [0.05, 0.1) is 11.4 Å².